The maximum Gasteiger partial charge on any atom is 0.270 e. The second kappa shape index (κ2) is 9.61. The number of rotatable bonds is 7. The molecule has 7 nitrogen and oxygen atoms in total. The van der Waals surface area contributed by atoms with Gasteiger partial charge in [0, 0.05) is 0 Å². The predicted molar refractivity (Wildman–Crippen MR) is 123 cm³/mol. The maximum atomic E-state index is 13.2. The zero-order valence-corrected chi connectivity index (χ0v) is 18.6. The summed E-state index contributed by atoms with van der Waals surface area (Å²) in [6.45, 7) is 4.00. The van der Waals surface area contributed by atoms with Gasteiger partial charge in [-0.2, -0.15) is 0 Å². The van der Waals surface area contributed by atoms with Gasteiger partial charge in [-0.1, -0.05) is 25.1 Å². The van der Waals surface area contributed by atoms with E-state index < -0.39 is 11.8 Å². The fourth-order valence-electron chi connectivity index (χ4n) is 3.03. The first kappa shape index (κ1) is 22.3. The molecule has 1 N–H and O–H groups in total. The number of amides is 2. The van der Waals surface area contributed by atoms with Crippen LogP contribution in [0.4, 0.5) is 5.69 Å². The van der Waals surface area contributed by atoms with Gasteiger partial charge in [0.25, 0.3) is 11.8 Å². The van der Waals surface area contributed by atoms with Crippen molar-refractivity contribution >= 4 is 40.9 Å². The van der Waals surface area contributed by atoms with Crippen LogP contribution in [0.25, 0.3) is 6.08 Å². The Morgan fingerprint density at radius 3 is 2.45 bits per heavy atom. The lowest BCUT2D eigenvalue weighted by molar-refractivity contribution is -0.122. The molecule has 1 aliphatic rings. The summed E-state index contributed by atoms with van der Waals surface area (Å²) in [5.41, 5.74) is 0.998. The second-order valence-electron chi connectivity index (χ2n) is 6.88. The normalized spacial score (nSPS) is 16.2. The van der Waals surface area contributed by atoms with Crippen molar-refractivity contribution in [3.8, 4) is 17.2 Å². The Bertz CT molecular complexity index is 1050. The van der Waals surface area contributed by atoms with Crippen molar-refractivity contribution in [2.24, 2.45) is 0 Å². The average Bonchev–Trinajstić information content (AvgIpc) is 2.77. The standard InChI is InChI=1S/C23H24N2O5S/c1-5-14(2)30-19-11-10-15(13-20(19)29-4)12-16-21(26)24-23(31)25(22(16)27)17-8-6-7-9-18(17)28-3/h6-14H,5H2,1-4H3,(H,24,26,31)/b16-12+/t14-/m0/s1. The van der Waals surface area contributed by atoms with Gasteiger partial charge in [0.15, 0.2) is 16.6 Å². The minimum Gasteiger partial charge on any atom is -0.495 e. The average molecular weight is 441 g/mol. The van der Waals surface area contributed by atoms with E-state index in [9.17, 15) is 9.59 Å². The molecule has 1 atom stereocenters. The van der Waals surface area contributed by atoms with Crippen LogP contribution >= 0.6 is 12.2 Å². The van der Waals surface area contributed by atoms with E-state index in [4.69, 9.17) is 26.4 Å². The molecule has 2 aromatic carbocycles. The van der Waals surface area contributed by atoms with E-state index in [1.807, 2.05) is 13.8 Å². The topological polar surface area (TPSA) is 77.1 Å². The molecule has 0 aliphatic carbocycles. The van der Waals surface area contributed by atoms with Crippen molar-refractivity contribution < 1.29 is 23.8 Å². The summed E-state index contributed by atoms with van der Waals surface area (Å²) in [7, 11) is 3.04. The Balaban J connectivity index is 1.98. The number of nitrogens with one attached hydrogen (secondary N) is 1. The molecule has 2 amide bonds. The van der Waals surface area contributed by atoms with E-state index in [0.717, 1.165) is 6.42 Å². The highest BCUT2D eigenvalue weighted by Gasteiger charge is 2.35. The third kappa shape index (κ3) is 4.69. The Morgan fingerprint density at radius 2 is 1.77 bits per heavy atom. The highest BCUT2D eigenvalue weighted by Crippen LogP contribution is 2.33. The van der Waals surface area contributed by atoms with Gasteiger partial charge in [0.2, 0.25) is 0 Å². The summed E-state index contributed by atoms with van der Waals surface area (Å²) >= 11 is 5.25. The number of carbonyl (C=O) groups is 2. The molecule has 2 aromatic rings. The van der Waals surface area contributed by atoms with Gasteiger partial charge in [-0.05, 0) is 61.5 Å². The van der Waals surface area contributed by atoms with Crippen LogP contribution in [0.5, 0.6) is 17.2 Å². The zero-order valence-electron chi connectivity index (χ0n) is 17.8. The lowest BCUT2D eigenvalue weighted by Crippen LogP contribution is -2.54. The lowest BCUT2D eigenvalue weighted by Gasteiger charge is -2.29. The van der Waals surface area contributed by atoms with Gasteiger partial charge in [-0.15, -0.1) is 0 Å². The van der Waals surface area contributed by atoms with Crippen LogP contribution < -0.4 is 24.4 Å². The van der Waals surface area contributed by atoms with Crippen LogP contribution in [0.2, 0.25) is 0 Å². The molecule has 0 unspecified atom stereocenters. The van der Waals surface area contributed by atoms with Crippen LogP contribution in [-0.2, 0) is 9.59 Å². The van der Waals surface area contributed by atoms with Gasteiger partial charge in [-0.25, -0.2) is 4.90 Å². The largest absolute Gasteiger partial charge is 0.495 e. The van der Waals surface area contributed by atoms with Crippen molar-refractivity contribution in [3.05, 3.63) is 53.6 Å². The first-order chi connectivity index (χ1) is 14.9. The quantitative estimate of drug-likeness (QED) is 0.402. The summed E-state index contributed by atoms with van der Waals surface area (Å²) in [5.74, 6) is 0.449. The molecular weight excluding hydrogens is 416 g/mol. The number of anilines is 1. The number of benzene rings is 2. The summed E-state index contributed by atoms with van der Waals surface area (Å²) in [4.78, 5) is 27.0. The van der Waals surface area contributed by atoms with Crippen molar-refractivity contribution in [2.45, 2.75) is 26.4 Å². The molecule has 0 spiro atoms. The number of thiocarbonyl (C=S) groups is 1. The zero-order chi connectivity index (χ0) is 22.5. The van der Waals surface area contributed by atoms with Gasteiger partial charge >= 0.3 is 0 Å². The molecule has 0 saturated carbocycles. The molecular formula is C23H24N2O5S. The number of methoxy groups -OCH3 is 2. The second-order valence-corrected chi connectivity index (χ2v) is 7.26. The molecule has 0 bridgehead atoms. The molecule has 1 fully saturated rings. The minimum absolute atomic E-state index is 0.00784. The Hall–Kier alpha value is -3.39. The van der Waals surface area contributed by atoms with Crippen molar-refractivity contribution in [1.82, 2.24) is 5.32 Å². The maximum absolute atomic E-state index is 13.2. The highest BCUT2D eigenvalue weighted by atomic mass is 32.1. The van der Waals surface area contributed by atoms with Gasteiger partial charge in [-0.3, -0.25) is 14.9 Å². The monoisotopic (exact) mass is 440 g/mol. The van der Waals surface area contributed by atoms with Gasteiger partial charge < -0.3 is 14.2 Å². The summed E-state index contributed by atoms with van der Waals surface area (Å²) < 4.78 is 16.6. The number of hydrogen-bond donors (Lipinski definition) is 1. The summed E-state index contributed by atoms with van der Waals surface area (Å²) in [5, 5.41) is 2.56. The van der Waals surface area contributed by atoms with Gasteiger partial charge in [0.05, 0.1) is 26.0 Å². The smallest absolute Gasteiger partial charge is 0.270 e. The third-order valence-corrected chi connectivity index (χ3v) is 5.11. The van der Waals surface area contributed by atoms with Crippen LogP contribution in [0, 0.1) is 0 Å². The number of ether oxygens (including phenoxy) is 3. The molecule has 0 aromatic heterocycles. The number of nitrogens with zero attached hydrogens (tertiary/aromatic N) is 1. The Morgan fingerprint density at radius 1 is 1.06 bits per heavy atom. The van der Waals surface area contributed by atoms with Gasteiger partial charge in [0.1, 0.15) is 11.3 Å². The van der Waals surface area contributed by atoms with E-state index in [1.54, 1.807) is 42.5 Å². The molecule has 162 valence electrons. The van der Waals surface area contributed by atoms with E-state index in [0.29, 0.717) is 28.5 Å². The van der Waals surface area contributed by atoms with Crippen LogP contribution in [-0.4, -0.2) is 37.3 Å². The predicted octanol–water partition coefficient (Wildman–Crippen LogP) is 3.71. The summed E-state index contributed by atoms with van der Waals surface area (Å²) in [6.07, 6.45) is 2.37. The Kier molecular flexibility index (Phi) is 6.91. The molecule has 3 rings (SSSR count). The SMILES string of the molecule is CC[C@H](C)Oc1ccc(/C=C2\C(=O)NC(=S)N(c3ccccc3OC)C2=O)cc1OC. The number of para-hydroxylation sites is 2. The highest BCUT2D eigenvalue weighted by molar-refractivity contribution is 7.80. The fraction of sp³-hybridized carbons (Fsp3) is 0.261. The molecule has 31 heavy (non-hydrogen) atoms. The molecule has 1 aliphatic heterocycles. The fourth-order valence-corrected chi connectivity index (χ4v) is 3.30. The van der Waals surface area contributed by atoms with E-state index in [1.165, 1.54) is 25.2 Å². The first-order valence-corrected chi connectivity index (χ1v) is 10.2. The number of carbonyl (C=O) groups excluding carboxylic acids is 2. The van der Waals surface area contributed by atoms with E-state index >= 15 is 0 Å². The third-order valence-electron chi connectivity index (χ3n) is 4.83. The van der Waals surface area contributed by atoms with Crippen LogP contribution in [0.15, 0.2) is 48.0 Å². The van der Waals surface area contributed by atoms with Crippen molar-refractivity contribution in [2.75, 3.05) is 19.1 Å². The van der Waals surface area contributed by atoms with Crippen molar-refractivity contribution in [3.63, 3.8) is 0 Å². The molecule has 0 radical (unpaired) electrons. The van der Waals surface area contributed by atoms with Crippen molar-refractivity contribution in [1.29, 1.82) is 0 Å². The first-order valence-electron chi connectivity index (χ1n) is 9.78. The Labute approximate surface area is 186 Å². The van der Waals surface area contributed by atoms with E-state index in [2.05, 4.69) is 5.32 Å². The minimum atomic E-state index is -0.569. The van der Waals surface area contributed by atoms with Crippen LogP contribution in [0.3, 0.4) is 0 Å². The molecule has 8 heteroatoms. The number of hydrogen-bond acceptors (Lipinski definition) is 6. The lowest BCUT2D eigenvalue weighted by atomic mass is 10.1. The summed E-state index contributed by atoms with van der Waals surface area (Å²) in [6, 6.07) is 12.2. The van der Waals surface area contributed by atoms with E-state index in [-0.39, 0.29) is 16.8 Å². The molecule has 1 saturated heterocycles. The van der Waals surface area contributed by atoms with Crippen LogP contribution in [0.1, 0.15) is 25.8 Å². The molecule has 1 heterocycles.